The molecule has 0 atom stereocenters. The maximum atomic E-state index is 12.4. The lowest BCUT2D eigenvalue weighted by atomic mass is 10.1. The zero-order valence-corrected chi connectivity index (χ0v) is 15.4. The Morgan fingerprint density at radius 1 is 1.00 bits per heavy atom. The van der Waals surface area contributed by atoms with Crippen LogP contribution in [0.4, 0.5) is 5.13 Å². The van der Waals surface area contributed by atoms with Crippen LogP contribution in [0.25, 0.3) is 21.0 Å². The highest BCUT2D eigenvalue weighted by atomic mass is 32.2. The second-order valence-corrected chi connectivity index (χ2v) is 8.92. The van der Waals surface area contributed by atoms with Gasteiger partial charge in [0.2, 0.25) is 0 Å². The molecule has 4 rings (SSSR count). The second-order valence-electron chi connectivity index (χ2n) is 5.90. The van der Waals surface area contributed by atoms with Crippen LogP contribution in [0.15, 0.2) is 65.6 Å². The van der Waals surface area contributed by atoms with Gasteiger partial charge in [0, 0.05) is 17.2 Å². The molecule has 130 valence electrons. The molecule has 7 heteroatoms. The fourth-order valence-electron chi connectivity index (χ4n) is 2.73. The Morgan fingerprint density at radius 2 is 1.73 bits per heavy atom. The summed E-state index contributed by atoms with van der Waals surface area (Å²) in [5.74, 6) is -0.326. The molecule has 0 saturated carbocycles. The van der Waals surface area contributed by atoms with Crippen LogP contribution in [0.5, 0.6) is 0 Å². The Labute approximate surface area is 154 Å². The van der Waals surface area contributed by atoms with Crippen molar-refractivity contribution in [1.82, 2.24) is 4.98 Å². The first kappa shape index (κ1) is 16.7. The van der Waals surface area contributed by atoms with Crippen molar-refractivity contribution >= 4 is 53.2 Å². The zero-order valence-electron chi connectivity index (χ0n) is 13.8. The van der Waals surface area contributed by atoms with Gasteiger partial charge in [0.15, 0.2) is 15.0 Å². The molecule has 4 aromatic rings. The second kappa shape index (κ2) is 6.19. The average Bonchev–Trinajstić information content (AvgIpc) is 3.04. The third-order valence-electron chi connectivity index (χ3n) is 4.04. The van der Waals surface area contributed by atoms with E-state index in [9.17, 15) is 13.2 Å². The Kier molecular flexibility index (Phi) is 3.97. The fraction of sp³-hybridized carbons (Fsp3) is 0.0526. The van der Waals surface area contributed by atoms with Gasteiger partial charge in [0.05, 0.1) is 15.1 Å². The van der Waals surface area contributed by atoms with E-state index < -0.39 is 9.84 Å². The Balaban J connectivity index is 1.64. The van der Waals surface area contributed by atoms with Crippen LogP contribution in [0.1, 0.15) is 10.4 Å². The van der Waals surface area contributed by atoms with E-state index >= 15 is 0 Å². The van der Waals surface area contributed by atoms with Crippen molar-refractivity contribution < 1.29 is 13.2 Å². The molecule has 0 saturated heterocycles. The fourth-order valence-corrected chi connectivity index (χ4v) is 4.36. The summed E-state index contributed by atoms with van der Waals surface area (Å²) in [6.45, 7) is 0. The van der Waals surface area contributed by atoms with Crippen LogP contribution in [-0.2, 0) is 9.84 Å². The quantitative estimate of drug-likeness (QED) is 0.579. The summed E-state index contributed by atoms with van der Waals surface area (Å²) in [4.78, 5) is 17.1. The maximum absolute atomic E-state index is 12.4. The number of carbonyl (C=O) groups is 1. The van der Waals surface area contributed by atoms with Gasteiger partial charge in [-0.25, -0.2) is 13.4 Å². The van der Waals surface area contributed by atoms with Crippen molar-refractivity contribution in [2.75, 3.05) is 11.6 Å². The Morgan fingerprint density at radius 3 is 2.46 bits per heavy atom. The number of amides is 1. The molecule has 1 aromatic heterocycles. The van der Waals surface area contributed by atoms with E-state index in [4.69, 9.17) is 0 Å². The van der Waals surface area contributed by atoms with Crippen molar-refractivity contribution in [3.05, 3.63) is 66.2 Å². The molecule has 0 aliphatic rings. The number of nitrogens with one attached hydrogen (secondary N) is 1. The molecule has 1 heterocycles. The van der Waals surface area contributed by atoms with E-state index in [0.29, 0.717) is 10.7 Å². The maximum Gasteiger partial charge on any atom is 0.257 e. The number of thiazole rings is 1. The summed E-state index contributed by atoms with van der Waals surface area (Å²) in [7, 11) is -3.28. The number of rotatable bonds is 3. The summed E-state index contributed by atoms with van der Waals surface area (Å²) >= 11 is 1.42. The molecule has 0 unspecified atom stereocenters. The lowest BCUT2D eigenvalue weighted by molar-refractivity contribution is 0.102. The minimum atomic E-state index is -3.28. The minimum Gasteiger partial charge on any atom is -0.298 e. The summed E-state index contributed by atoms with van der Waals surface area (Å²) in [6.07, 6.45) is 1.13. The number of hydrogen-bond donors (Lipinski definition) is 1. The van der Waals surface area contributed by atoms with Gasteiger partial charge in [0.25, 0.3) is 5.91 Å². The molecule has 0 aliphatic carbocycles. The lowest BCUT2D eigenvalue weighted by Crippen LogP contribution is -2.11. The number of aromatic nitrogens is 1. The van der Waals surface area contributed by atoms with Crippen molar-refractivity contribution in [1.29, 1.82) is 0 Å². The SMILES string of the molecule is CS(=O)(=O)c1ccc(C(=O)Nc2nc3ccc4ccccc4c3s2)cc1. The van der Waals surface area contributed by atoms with Gasteiger partial charge >= 0.3 is 0 Å². The monoisotopic (exact) mass is 382 g/mol. The van der Waals surface area contributed by atoms with E-state index in [1.54, 1.807) is 0 Å². The van der Waals surface area contributed by atoms with Gasteiger partial charge in [-0.05, 0) is 35.7 Å². The van der Waals surface area contributed by atoms with Crippen molar-refractivity contribution in [2.24, 2.45) is 0 Å². The van der Waals surface area contributed by atoms with Crippen molar-refractivity contribution in [3.63, 3.8) is 0 Å². The first-order valence-electron chi connectivity index (χ1n) is 7.81. The molecule has 0 fully saturated rings. The molecule has 26 heavy (non-hydrogen) atoms. The Bertz CT molecular complexity index is 1240. The van der Waals surface area contributed by atoms with Crippen LogP contribution in [-0.4, -0.2) is 25.6 Å². The van der Waals surface area contributed by atoms with E-state index in [1.807, 2.05) is 36.4 Å². The molecule has 5 nitrogen and oxygen atoms in total. The van der Waals surface area contributed by atoms with E-state index in [-0.39, 0.29) is 10.8 Å². The Hall–Kier alpha value is -2.77. The predicted molar refractivity (Wildman–Crippen MR) is 105 cm³/mol. The third kappa shape index (κ3) is 3.07. The van der Waals surface area contributed by atoms with E-state index in [1.165, 1.54) is 35.6 Å². The minimum absolute atomic E-state index is 0.181. The van der Waals surface area contributed by atoms with Gasteiger partial charge in [-0.15, -0.1) is 0 Å². The van der Waals surface area contributed by atoms with Gasteiger partial charge in [-0.2, -0.15) is 0 Å². The third-order valence-corrected chi connectivity index (χ3v) is 6.19. The molecule has 1 amide bonds. The van der Waals surface area contributed by atoms with Crippen molar-refractivity contribution in [3.8, 4) is 0 Å². The van der Waals surface area contributed by atoms with Crippen LogP contribution < -0.4 is 5.32 Å². The van der Waals surface area contributed by atoms with Gasteiger partial charge < -0.3 is 0 Å². The highest BCUT2D eigenvalue weighted by Gasteiger charge is 2.13. The molecular weight excluding hydrogens is 368 g/mol. The summed E-state index contributed by atoms with van der Waals surface area (Å²) < 4.78 is 24.0. The van der Waals surface area contributed by atoms with Gasteiger partial charge in [-0.3, -0.25) is 10.1 Å². The topological polar surface area (TPSA) is 76.1 Å². The smallest absolute Gasteiger partial charge is 0.257 e. The van der Waals surface area contributed by atoms with E-state index in [2.05, 4.69) is 10.3 Å². The summed E-state index contributed by atoms with van der Waals surface area (Å²) in [5, 5.41) is 5.52. The lowest BCUT2D eigenvalue weighted by Gasteiger charge is -2.03. The van der Waals surface area contributed by atoms with Crippen LogP contribution >= 0.6 is 11.3 Å². The predicted octanol–water partition coefficient (Wildman–Crippen LogP) is 4.11. The normalized spacial score (nSPS) is 11.7. The number of hydrogen-bond acceptors (Lipinski definition) is 5. The molecular formula is C19H14N2O3S2. The molecule has 0 bridgehead atoms. The number of carbonyl (C=O) groups excluding carboxylic acids is 1. The van der Waals surface area contributed by atoms with Crippen LogP contribution in [0, 0.1) is 0 Å². The summed E-state index contributed by atoms with van der Waals surface area (Å²) in [6, 6.07) is 17.8. The number of nitrogens with zero attached hydrogens (tertiary/aromatic N) is 1. The average molecular weight is 382 g/mol. The number of sulfone groups is 1. The zero-order chi connectivity index (χ0) is 18.3. The first-order valence-corrected chi connectivity index (χ1v) is 10.5. The van der Waals surface area contributed by atoms with Crippen LogP contribution in [0.2, 0.25) is 0 Å². The standard InChI is InChI=1S/C19H14N2O3S2/c1-26(23,24)14-9-6-13(7-10-14)18(22)21-19-20-16-11-8-12-4-2-3-5-15(12)17(16)25-19/h2-11H,1H3,(H,20,21,22). The molecule has 0 aliphatic heterocycles. The van der Waals surface area contributed by atoms with Crippen LogP contribution in [0.3, 0.4) is 0 Å². The molecule has 1 N–H and O–H groups in total. The number of benzene rings is 3. The van der Waals surface area contributed by atoms with Gasteiger partial charge in [-0.1, -0.05) is 41.7 Å². The van der Waals surface area contributed by atoms with Crippen molar-refractivity contribution in [2.45, 2.75) is 4.90 Å². The highest BCUT2D eigenvalue weighted by molar-refractivity contribution is 7.90. The number of fused-ring (bicyclic) bond motifs is 3. The first-order chi connectivity index (χ1) is 12.4. The molecule has 3 aromatic carbocycles. The largest absolute Gasteiger partial charge is 0.298 e. The van der Waals surface area contributed by atoms with Gasteiger partial charge in [0.1, 0.15) is 0 Å². The molecule has 0 spiro atoms. The molecule has 0 radical (unpaired) electrons. The summed E-state index contributed by atoms with van der Waals surface area (Å²) in [5.41, 5.74) is 1.21. The van der Waals surface area contributed by atoms with E-state index in [0.717, 1.165) is 27.2 Å². The highest BCUT2D eigenvalue weighted by Crippen LogP contribution is 2.32. The number of anilines is 1.